The van der Waals surface area contributed by atoms with Crippen molar-refractivity contribution in [1.82, 2.24) is 15.1 Å². The van der Waals surface area contributed by atoms with Gasteiger partial charge in [0.15, 0.2) is 16.7 Å². The first-order valence-electron chi connectivity index (χ1n) is 7.88. The predicted molar refractivity (Wildman–Crippen MR) is 104 cm³/mol. The van der Waals surface area contributed by atoms with Crippen LogP contribution in [0.5, 0.6) is 11.5 Å². The van der Waals surface area contributed by atoms with Crippen molar-refractivity contribution in [3.63, 3.8) is 0 Å². The van der Waals surface area contributed by atoms with Gasteiger partial charge in [-0.15, -0.1) is 10.2 Å². The molecule has 1 fully saturated rings. The van der Waals surface area contributed by atoms with Gasteiger partial charge in [-0.05, 0) is 49.4 Å². The fourth-order valence-corrected chi connectivity index (χ4v) is 4.04. The van der Waals surface area contributed by atoms with E-state index in [1.807, 2.05) is 38.1 Å². The zero-order valence-electron chi connectivity index (χ0n) is 14.8. The fourth-order valence-electron chi connectivity index (χ4n) is 2.38. The first-order valence-corrected chi connectivity index (χ1v) is 9.51. The molecule has 0 atom stereocenters. The number of aromatic nitrogens is 2. The molecular formula is C17H18N4O3S2. The van der Waals surface area contributed by atoms with Gasteiger partial charge in [-0.3, -0.25) is 9.69 Å². The van der Waals surface area contributed by atoms with Crippen LogP contribution in [0.15, 0.2) is 28.1 Å². The molecule has 3 rings (SSSR count). The van der Waals surface area contributed by atoms with Crippen LogP contribution in [0.3, 0.4) is 0 Å². The van der Waals surface area contributed by atoms with E-state index in [1.165, 1.54) is 23.1 Å². The van der Waals surface area contributed by atoms with E-state index in [4.69, 9.17) is 9.47 Å². The number of carbonyl (C=O) groups is 1. The summed E-state index contributed by atoms with van der Waals surface area (Å²) in [6, 6.07) is 5.52. The highest BCUT2D eigenvalue weighted by atomic mass is 32.2. The van der Waals surface area contributed by atoms with Gasteiger partial charge in [-0.1, -0.05) is 17.4 Å². The molecule has 7 nitrogen and oxygen atoms in total. The van der Waals surface area contributed by atoms with Crippen molar-refractivity contribution >= 4 is 45.4 Å². The van der Waals surface area contributed by atoms with E-state index < -0.39 is 0 Å². The SMILES string of the molecule is CCN1C(=O)/C(=C/c2ccc(OC)c(OC)c2)S/C1=N/c1nnc(C)s1. The van der Waals surface area contributed by atoms with Gasteiger partial charge in [-0.2, -0.15) is 4.99 Å². The van der Waals surface area contributed by atoms with Crippen LogP contribution in [0.2, 0.25) is 0 Å². The van der Waals surface area contributed by atoms with Gasteiger partial charge in [0, 0.05) is 6.54 Å². The van der Waals surface area contributed by atoms with Gasteiger partial charge >= 0.3 is 0 Å². The Morgan fingerprint density at radius 3 is 2.62 bits per heavy atom. The largest absolute Gasteiger partial charge is 0.493 e. The number of aliphatic imine (C=N–C) groups is 1. The van der Waals surface area contributed by atoms with E-state index in [0.29, 0.717) is 33.2 Å². The molecule has 0 saturated carbocycles. The summed E-state index contributed by atoms with van der Waals surface area (Å²) in [6.45, 7) is 4.32. The standard InChI is InChI=1S/C17H18N4O3S2/c1-5-21-15(22)14(26-17(21)18-16-20-19-10(2)25-16)9-11-6-7-12(23-3)13(8-11)24-4/h6-9H,5H2,1-4H3/b14-9-,18-17+. The summed E-state index contributed by atoms with van der Waals surface area (Å²) in [6.07, 6.45) is 1.82. The molecule has 1 aliphatic rings. The Bertz CT molecular complexity index is 892. The molecule has 136 valence electrons. The number of hydrogen-bond donors (Lipinski definition) is 0. The van der Waals surface area contributed by atoms with Gasteiger partial charge in [0.2, 0.25) is 5.13 Å². The second kappa shape index (κ2) is 7.88. The zero-order chi connectivity index (χ0) is 18.7. The molecule has 1 aromatic heterocycles. The van der Waals surface area contributed by atoms with Crippen LogP contribution in [0.4, 0.5) is 5.13 Å². The first-order chi connectivity index (χ1) is 12.5. The molecule has 26 heavy (non-hydrogen) atoms. The molecule has 1 aliphatic heterocycles. The van der Waals surface area contributed by atoms with Crippen molar-refractivity contribution in [3.8, 4) is 11.5 Å². The maximum atomic E-state index is 12.7. The monoisotopic (exact) mass is 390 g/mol. The highest BCUT2D eigenvalue weighted by molar-refractivity contribution is 8.18. The molecule has 0 bridgehead atoms. The summed E-state index contributed by atoms with van der Waals surface area (Å²) in [5.41, 5.74) is 0.850. The van der Waals surface area contributed by atoms with Crippen LogP contribution >= 0.6 is 23.1 Å². The molecule has 1 amide bonds. The second-order valence-electron chi connectivity index (χ2n) is 5.27. The maximum absolute atomic E-state index is 12.7. The number of likely N-dealkylation sites (N-methyl/N-ethyl adjacent to an activating group) is 1. The molecule has 1 saturated heterocycles. The zero-order valence-corrected chi connectivity index (χ0v) is 16.5. The van der Waals surface area contributed by atoms with Crippen molar-refractivity contribution in [2.45, 2.75) is 13.8 Å². The number of aryl methyl sites for hydroxylation is 1. The lowest BCUT2D eigenvalue weighted by atomic mass is 10.2. The molecule has 1 aromatic carbocycles. The summed E-state index contributed by atoms with van der Waals surface area (Å²) in [5.74, 6) is 1.18. The molecule has 2 heterocycles. The molecular weight excluding hydrogens is 372 g/mol. The Balaban J connectivity index is 1.92. The lowest BCUT2D eigenvalue weighted by molar-refractivity contribution is -0.122. The van der Waals surface area contributed by atoms with Gasteiger partial charge in [0.1, 0.15) is 5.01 Å². The Hall–Kier alpha value is -2.39. The van der Waals surface area contributed by atoms with Crippen LogP contribution in [0.1, 0.15) is 17.5 Å². The summed E-state index contributed by atoms with van der Waals surface area (Å²) in [7, 11) is 3.17. The van der Waals surface area contributed by atoms with Crippen molar-refractivity contribution in [3.05, 3.63) is 33.7 Å². The molecule has 9 heteroatoms. The van der Waals surface area contributed by atoms with Crippen molar-refractivity contribution in [1.29, 1.82) is 0 Å². The number of amidine groups is 1. The van der Waals surface area contributed by atoms with Crippen molar-refractivity contribution in [2.24, 2.45) is 4.99 Å². The normalized spacial score (nSPS) is 17.4. The third kappa shape index (κ3) is 3.73. The van der Waals surface area contributed by atoms with E-state index in [2.05, 4.69) is 15.2 Å². The van der Waals surface area contributed by atoms with Crippen LogP contribution in [-0.2, 0) is 4.79 Å². The number of benzene rings is 1. The van der Waals surface area contributed by atoms with E-state index in [0.717, 1.165) is 10.6 Å². The average Bonchev–Trinajstić information content (AvgIpc) is 3.18. The quantitative estimate of drug-likeness (QED) is 0.728. The minimum Gasteiger partial charge on any atom is -0.493 e. The summed E-state index contributed by atoms with van der Waals surface area (Å²) >= 11 is 2.72. The van der Waals surface area contributed by atoms with Crippen LogP contribution in [-0.4, -0.2) is 46.9 Å². The maximum Gasteiger partial charge on any atom is 0.266 e. The molecule has 0 aliphatic carbocycles. The Labute approximate surface area is 159 Å². The Kier molecular flexibility index (Phi) is 5.58. The summed E-state index contributed by atoms with van der Waals surface area (Å²) < 4.78 is 10.6. The number of amides is 1. The minimum atomic E-state index is -0.0766. The Morgan fingerprint density at radius 2 is 2.00 bits per heavy atom. The number of thioether (sulfide) groups is 1. The second-order valence-corrected chi connectivity index (χ2v) is 7.44. The third-order valence-corrected chi connectivity index (χ3v) is 5.36. The van der Waals surface area contributed by atoms with Crippen LogP contribution < -0.4 is 9.47 Å². The van der Waals surface area contributed by atoms with Crippen LogP contribution in [0.25, 0.3) is 6.08 Å². The lowest BCUT2D eigenvalue weighted by Crippen LogP contribution is -2.28. The topological polar surface area (TPSA) is 76.9 Å². The number of nitrogens with zero attached hydrogens (tertiary/aromatic N) is 4. The third-order valence-electron chi connectivity index (χ3n) is 3.62. The van der Waals surface area contributed by atoms with Crippen molar-refractivity contribution in [2.75, 3.05) is 20.8 Å². The molecule has 2 aromatic rings. The molecule has 0 radical (unpaired) electrons. The lowest BCUT2D eigenvalue weighted by Gasteiger charge is -2.11. The van der Waals surface area contributed by atoms with E-state index in [9.17, 15) is 4.79 Å². The average molecular weight is 390 g/mol. The van der Waals surface area contributed by atoms with Gasteiger partial charge < -0.3 is 9.47 Å². The molecule has 0 unspecified atom stereocenters. The summed E-state index contributed by atoms with van der Waals surface area (Å²) in [5, 5.41) is 9.96. The first kappa shape index (κ1) is 18.4. The number of carbonyl (C=O) groups excluding carboxylic acids is 1. The predicted octanol–water partition coefficient (Wildman–Crippen LogP) is 3.49. The highest BCUT2D eigenvalue weighted by Gasteiger charge is 2.32. The van der Waals surface area contributed by atoms with Crippen LogP contribution in [0, 0.1) is 6.92 Å². The summed E-state index contributed by atoms with van der Waals surface area (Å²) in [4.78, 5) is 19.4. The Morgan fingerprint density at radius 1 is 1.23 bits per heavy atom. The minimum absolute atomic E-state index is 0.0766. The number of rotatable bonds is 5. The number of ether oxygens (including phenoxy) is 2. The van der Waals surface area contributed by atoms with E-state index in [-0.39, 0.29) is 5.91 Å². The number of hydrogen-bond acceptors (Lipinski definition) is 8. The van der Waals surface area contributed by atoms with Gasteiger partial charge in [0.25, 0.3) is 5.91 Å². The van der Waals surface area contributed by atoms with Gasteiger partial charge in [-0.25, -0.2) is 0 Å². The number of methoxy groups -OCH3 is 2. The van der Waals surface area contributed by atoms with Gasteiger partial charge in [0.05, 0.1) is 19.1 Å². The van der Waals surface area contributed by atoms with E-state index >= 15 is 0 Å². The van der Waals surface area contributed by atoms with Crippen molar-refractivity contribution < 1.29 is 14.3 Å². The highest BCUT2D eigenvalue weighted by Crippen LogP contribution is 2.36. The molecule has 0 N–H and O–H groups in total. The van der Waals surface area contributed by atoms with E-state index in [1.54, 1.807) is 19.1 Å². The fraction of sp³-hybridized carbons (Fsp3) is 0.294. The molecule has 0 spiro atoms. The smallest absolute Gasteiger partial charge is 0.266 e.